The van der Waals surface area contributed by atoms with Gasteiger partial charge in [0.2, 0.25) is 0 Å². The molecule has 1 fully saturated rings. The highest BCUT2D eigenvalue weighted by molar-refractivity contribution is 5.78. The monoisotopic (exact) mass is 243 g/mol. The Morgan fingerprint density at radius 1 is 1.33 bits per heavy atom. The van der Waals surface area contributed by atoms with Crippen LogP contribution in [0.4, 0.5) is 0 Å². The van der Waals surface area contributed by atoms with Crippen LogP contribution in [0.25, 0.3) is 11.0 Å². The summed E-state index contributed by atoms with van der Waals surface area (Å²) in [5.74, 6) is 1.60. The van der Waals surface area contributed by atoms with Crippen LogP contribution in [0.5, 0.6) is 0 Å². The maximum absolute atomic E-state index is 6.19. The van der Waals surface area contributed by atoms with Gasteiger partial charge in [0, 0.05) is 5.39 Å². The summed E-state index contributed by atoms with van der Waals surface area (Å²) in [6.07, 6.45) is 6.14. The third-order valence-corrected chi connectivity index (χ3v) is 3.88. The fourth-order valence-corrected chi connectivity index (χ4v) is 2.50. The molecule has 1 atom stereocenters. The Balaban J connectivity index is 1.86. The van der Waals surface area contributed by atoms with Gasteiger partial charge in [-0.1, -0.05) is 19.4 Å². The molecule has 2 nitrogen and oxygen atoms in total. The molecule has 0 spiro atoms. The van der Waals surface area contributed by atoms with Crippen LogP contribution in [0.3, 0.4) is 0 Å². The SMILES string of the molecule is CCCCc1ccc2oc(C(N)C3CC3)cc2c1. The quantitative estimate of drug-likeness (QED) is 0.855. The van der Waals surface area contributed by atoms with Crippen LogP contribution in [-0.2, 0) is 6.42 Å². The normalized spacial score (nSPS) is 17.2. The van der Waals surface area contributed by atoms with Crippen LogP contribution in [0.2, 0.25) is 0 Å². The van der Waals surface area contributed by atoms with Gasteiger partial charge >= 0.3 is 0 Å². The number of nitrogens with two attached hydrogens (primary N) is 1. The number of hydrogen-bond donors (Lipinski definition) is 1. The van der Waals surface area contributed by atoms with Gasteiger partial charge < -0.3 is 10.2 Å². The lowest BCUT2D eigenvalue weighted by molar-refractivity contribution is 0.467. The molecular formula is C16H21NO. The van der Waals surface area contributed by atoms with Gasteiger partial charge in [0.25, 0.3) is 0 Å². The number of unbranched alkanes of at least 4 members (excludes halogenated alkanes) is 1. The lowest BCUT2D eigenvalue weighted by Gasteiger charge is -2.04. The molecule has 0 amide bonds. The smallest absolute Gasteiger partial charge is 0.134 e. The van der Waals surface area contributed by atoms with Crippen LogP contribution >= 0.6 is 0 Å². The van der Waals surface area contributed by atoms with Gasteiger partial charge in [0.05, 0.1) is 6.04 Å². The largest absolute Gasteiger partial charge is 0.459 e. The van der Waals surface area contributed by atoms with Gasteiger partial charge in [0.1, 0.15) is 11.3 Å². The van der Waals surface area contributed by atoms with Crippen molar-refractivity contribution in [3.05, 3.63) is 35.6 Å². The van der Waals surface area contributed by atoms with Crippen molar-refractivity contribution in [3.63, 3.8) is 0 Å². The number of aryl methyl sites for hydroxylation is 1. The van der Waals surface area contributed by atoms with Crippen molar-refractivity contribution in [2.45, 2.75) is 45.1 Å². The fourth-order valence-electron chi connectivity index (χ4n) is 2.50. The van der Waals surface area contributed by atoms with Crippen molar-refractivity contribution in [3.8, 4) is 0 Å². The van der Waals surface area contributed by atoms with Crippen molar-refractivity contribution in [1.29, 1.82) is 0 Å². The molecule has 1 aliphatic rings. The molecule has 1 saturated carbocycles. The van der Waals surface area contributed by atoms with E-state index in [1.54, 1.807) is 0 Å². The van der Waals surface area contributed by atoms with Crippen molar-refractivity contribution in [2.24, 2.45) is 11.7 Å². The first-order valence-electron chi connectivity index (χ1n) is 7.06. The average Bonchev–Trinajstić information content (AvgIpc) is 3.14. The van der Waals surface area contributed by atoms with E-state index in [1.165, 1.54) is 36.6 Å². The zero-order valence-electron chi connectivity index (χ0n) is 11.0. The van der Waals surface area contributed by atoms with Crippen LogP contribution in [-0.4, -0.2) is 0 Å². The van der Waals surface area contributed by atoms with Gasteiger partial charge in [0.15, 0.2) is 0 Å². The predicted molar refractivity (Wildman–Crippen MR) is 74.5 cm³/mol. The minimum Gasteiger partial charge on any atom is -0.459 e. The number of benzene rings is 1. The van der Waals surface area contributed by atoms with E-state index in [9.17, 15) is 0 Å². The van der Waals surface area contributed by atoms with E-state index in [0.29, 0.717) is 5.92 Å². The number of rotatable bonds is 5. The van der Waals surface area contributed by atoms with E-state index < -0.39 is 0 Å². The first-order chi connectivity index (χ1) is 8.78. The first-order valence-corrected chi connectivity index (χ1v) is 7.06. The second-order valence-electron chi connectivity index (χ2n) is 5.49. The molecule has 0 radical (unpaired) electrons. The molecule has 2 aromatic rings. The zero-order chi connectivity index (χ0) is 12.5. The minimum atomic E-state index is 0.0940. The molecule has 3 rings (SSSR count). The van der Waals surface area contributed by atoms with Crippen LogP contribution in [0, 0.1) is 5.92 Å². The minimum absolute atomic E-state index is 0.0940. The zero-order valence-corrected chi connectivity index (χ0v) is 11.0. The van der Waals surface area contributed by atoms with Crippen LogP contribution < -0.4 is 5.73 Å². The lowest BCUT2D eigenvalue weighted by Crippen LogP contribution is -2.10. The van der Waals surface area contributed by atoms with E-state index in [-0.39, 0.29) is 6.04 Å². The Labute approximate surface area is 108 Å². The summed E-state index contributed by atoms with van der Waals surface area (Å²) in [5.41, 5.74) is 8.56. The summed E-state index contributed by atoms with van der Waals surface area (Å²) < 4.78 is 5.87. The average molecular weight is 243 g/mol. The maximum atomic E-state index is 6.19. The van der Waals surface area contributed by atoms with Crippen molar-refractivity contribution >= 4 is 11.0 Å². The molecule has 1 aliphatic carbocycles. The van der Waals surface area contributed by atoms with E-state index in [1.807, 2.05) is 0 Å². The number of fused-ring (bicyclic) bond motifs is 1. The Morgan fingerprint density at radius 2 is 2.17 bits per heavy atom. The van der Waals surface area contributed by atoms with Gasteiger partial charge in [-0.2, -0.15) is 0 Å². The number of furan rings is 1. The standard InChI is InChI=1S/C16H21NO/c1-2-3-4-11-5-8-14-13(9-11)10-15(18-14)16(17)12-6-7-12/h5,8-10,12,16H,2-4,6-7,17H2,1H3. The Kier molecular flexibility index (Phi) is 3.13. The molecule has 2 N–H and O–H groups in total. The molecule has 96 valence electrons. The van der Waals surface area contributed by atoms with Crippen molar-refractivity contribution < 1.29 is 4.42 Å². The first kappa shape index (κ1) is 11.8. The molecular weight excluding hydrogens is 222 g/mol. The summed E-state index contributed by atoms with van der Waals surface area (Å²) in [4.78, 5) is 0. The van der Waals surface area contributed by atoms with Gasteiger partial charge in [-0.25, -0.2) is 0 Å². The molecule has 2 heteroatoms. The summed E-state index contributed by atoms with van der Waals surface area (Å²) in [6.45, 7) is 2.23. The highest BCUT2D eigenvalue weighted by Gasteiger charge is 2.31. The molecule has 1 aromatic heterocycles. The van der Waals surface area contributed by atoms with Crippen LogP contribution in [0.15, 0.2) is 28.7 Å². The van der Waals surface area contributed by atoms with Crippen molar-refractivity contribution in [2.75, 3.05) is 0 Å². The Bertz CT molecular complexity index is 539. The lowest BCUT2D eigenvalue weighted by atomic mass is 10.1. The van der Waals surface area contributed by atoms with Gasteiger partial charge in [-0.05, 0) is 55.4 Å². The Morgan fingerprint density at radius 3 is 2.89 bits per heavy atom. The summed E-state index contributed by atoms with van der Waals surface area (Å²) >= 11 is 0. The third kappa shape index (κ3) is 2.30. The number of hydrogen-bond acceptors (Lipinski definition) is 2. The van der Waals surface area contributed by atoms with E-state index in [2.05, 4.69) is 31.2 Å². The topological polar surface area (TPSA) is 39.2 Å². The molecule has 0 aliphatic heterocycles. The van der Waals surface area contributed by atoms with E-state index in [4.69, 9.17) is 10.2 Å². The second-order valence-corrected chi connectivity index (χ2v) is 5.49. The molecule has 1 unspecified atom stereocenters. The van der Waals surface area contributed by atoms with E-state index >= 15 is 0 Å². The highest BCUT2D eigenvalue weighted by atomic mass is 16.3. The second kappa shape index (κ2) is 4.77. The summed E-state index contributed by atoms with van der Waals surface area (Å²) in [7, 11) is 0. The Hall–Kier alpha value is -1.28. The summed E-state index contributed by atoms with van der Waals surface area (Å²) in [6, 6.07) is 8.74. The van der Waals surface area contributed by atoms with Crippen LogP contribution in [0.1, 0.15) is 50.0 Å². The van der Waals surface area contributed by atoms with Gasteiger partial charge in [-0.3, -0.25) is 0 Å². The molecule has 0 bridgehead atoms. The molecule has 1 aromatic carbocycles. The molecule has 18 heavy (non-hydrogen) atoms. The molecule has 0 saturated heterocycles. The third-order valence-electron chi connectivity index (χ3n) is 3.88. The highest BCUT2D eigenvalue weighted by Crippen LogP contribution is 2.40. The van der Waals surface area contributed by atoms with E-state index in [0.717, 1.165) is 17.8 Å². The van der Waals surface area contributed by atoms with Gasteiger partial charge in [-0.15, -0.1) is 0 Å². The fraction of sp³-hybridized carbons (Fsp3) is 0.500. The summed E-state index contributed by atoms with van der Waals surface area (Å²) in [5, 5.41) is 1.20. The molecule has 1 heterocycles. The maximum Gasteiger partial charge on any atom is 0.134 e. The van der Waals surface area contributed by atoms with Crippen molar-refractivity contribution in [1.82, 2.24) is 0 Å². The predicted octanol–water partition coefficient (Wildman–Crippen LogP) is 4.19.